The highest BCUT2D eigenvalue weighted by Gasteiger charge is 2.16. The molecule has 1 aromatic heterocycles. The molecule has 0 amide bonds. The molecule has 92 valence electrons. The number of aryl methyl sites for hydroxylation is 1. The van der Waals surface area contributed by atoms with E-state index in [2.05, 4.69) is 19.2 Å². The van der Waals surface area contributed by atoms with E-state index in [1.54, 1.807) is 6.26 Å². The van der Waals surface area contributed by atoms with Crippen molar-refractivity contribution in [3.05, 3.63) is 23.7 Å². The minimum atomic E-state index is 0.258. The van der Waals surface area contributed by atoms with E-state index in [0.29, 0.717) is 6.61 Å². The lowest BCUT2D eigenvalue weighted by Crippen LogP contribution is -2.26. The van der Waals surface area contributed by atoms with Crippen LogP contribution in [0.25, 0.3) is 0 Å². The first-order valence-corrected chi connectivity index (χ1v) is 6.20. The molecule has 0 radical (unpaired) electrons. The number of nitrogens with one attached hydrogen (secondary N) is 1. The fourth-order valence-electron chi connectivity index (χ4n) is 1.76. The van der Waals surface area contributed by atoms with Crippen molar-refractivity contribution < 1.29 is 9.15 Å². The molecule has 1 aromatic rings. The molecule has 1 unspecified atom stereocenters. The van der Waals surface area contributed by atoms with E-state index in [4.69, 9.17) is 9.15 Å². The minimum Gasteiger partial charge on any atom is -0.469 e. The zero-order valence-corrected chi connectivity index (χ0v) is 10.6. The van der Waals surface area contributed by atoms with Crippen molar-refractivity contribution in [2.24, 2.45) is 0 Å². The van der Waals surface area contributed by atoms with Crippen LogP contribution in [0, 0.1) is 0 Å². The number of rotatable bonds is 8. The van der Waals surface area contributed by atoms with Crippen LogP contribution in [0.4, 0.5) is 0 Å². The Morgan fingerprint density at radius 1 is 1.38 bits per heavy atom. The average molecular weight is 225 g/mol. The first kappa shape index (κ1) is 13.3. The third kappa shape index (κ3) is 3.65. The number of furan rings is 1. The predicted octanol–water partition coefficient (Wildman–Crippen LogP) is 2.92. The Hall–Kier alpha value is -0.800. The van der Waals surface area contributed by atoms with Gasteiger partial charge in [-0.1, -0.05) is 13.8 Å². The average Bonchev–Trinajstić information content (AvgIpc) is 2.77. The zero-order valence-electron chi connectivity index (χ0n) is 10.6. The van der Waals surface area contributed by atoms with Gasteiger partial charge >= 0.3 is 0 Å². The lowest BCUT2D eigenvalue weighted by Gasteiger charge is -2.18. The highest BCUT2D eigenvalue weighted by molar-refractivity contribution is 5.21. The monoisotopic (exact) mass is 225 g/mol. The maximum atomic E-state index is 5.51. The van der Waals surface area contributed by atoms with Crippen LogP contribution < -0.4 is 5.32 Å². The lowest BCUT2D eigenvalue weighted by molar-refractivity contribution is 0.122. The summed E-state index contributed by atoms with van der Waals surface area (Å²) in [5.41, 5.74) is 1.24. The molecule has 1 rings (SSSR count). The smallest absolute Gasteiger partial charge is 0.108 e. The summed E-state index contributed by atoms with van der Waals surface area (Å²) in [4.78, 5) is 0. The van der Waals surface area contributed by atoms with Crippen molar-refractivity contribution in [2.45, 2.75) is 39.7 Å². The van der Waals surface area contributed by atoms with Gasteiger partial charge in [0.05, 0.1) is 18.9 Å². The van der Waals surface area contributed by atoms with E-state index in [9.17, 15) is 0 Å². The Bertz CT molecular complexity index is 275. The van der Waals surface area contributed by atoms with Gasteiger partial charge in [0.25, 0.3) is 0 Å². The molecule has 0 bridgehead atoms. The molecule has 0 saturated carbocycles. The summed E-state index contributed by atoms with van der Waals surface area (Å²) in [6, 6.07) is 2.30. The van der Waals surface area contributed by atoms with E-state index >= 15 is 0 Å². The van der Waals surface area contributed by atoms with Crippen LogP contribution in [-0.2, 0) is 11.2 Å². The van der Waals surface area contributed by atoms with Crippen LogP contribution >= 0.6 is 0 Å². The molecule has 1 heterocycles. The second-order valence-corrected chi connectivity index (χ2v) is 3.82. The van der Waals surface area contributed by atoms with Gasteiger partial charge in [0, 0.05) is 18.6 Å². The first-order valence-electron chi connectivity index (χ1n) is 6.20. The molecule has 1 N–H and O–H groups in total. The molecular formula is C13H23NO2. The van der Waals surface area contributed by atoms with Crippen LogP contribution in [-0.4, -0.2) is 19.8 Å². The van der Waals surface area contributed by atoms with Gasteiger partial charge in [-0.3, -0.25) is 0 Å². The normalized spacial score (nSPS) is 12.9. The Labute approximate surface area is 98.2 Å². The molecule has 0 aliphatic rings. The second kappa shape index (κ2) is 7.47. The van der Waals surface area contributed by atoms with Crippen molar-refractivity contribution in [3.8, 4) is 0 Å². The van der Waals surface area contributed by atoms with Gasteiger partial charge in [0.1, 0.15) is 5.76 Å². The molecule has 0 spiro atoms. The van der Waals surface area contributed by atoms with Gasteiger partial charge in [-0.05, 0) is 26.0 Å². The van der Waals surface area contributed by atoms with E-state index in [0.717, 1.165) is 31.8 Å². The summed E-state index contributed by atoms with van der Waals surface area (Å²) in [7, 11) is 0. The third-order valence-electron chi connectivity index (χ3n) is 2.61. The molecule has 3 heteroatoms. The van der Waals surface area contributed by atoms with Gasteiger partial charge in [0.15, 0.2) is 0 Å². The third-order valence-corrected chi connectivity index (χ3v) is 2.61. The van der Waals surface area contributed by atoms with Crippen LogP contribution in [0.3, 0.4) is 0 Å². The highest BCUT2D eigenvalue weighted by atomic mass is 16.5. The van der Waals surface area contributed by atoms with Crippen molar-refractivity contribution in [3.63, 3.8) is 0 Å². The number of hydrogen-bond acceptors (Lipinski definition) is 3. The van der Waals surface area contributed by atoms with Gasteiger partial charge in [-0.25, -0.2) is 0 Å². The SMILES string of the molecule is CCCNC(COCC)c1ccoc1CC. The Balaban J connectivity index is 2.66. The van der Waals surface area contributed by atoms with Crippen molar-refractivity contribution >= 4 is 0 Å². The summed E-state index contributed by atoms with van der Waals surface area (Å²) < 4.78 is 11.0. The van der Waals surface area contributed by atoms with Crippen molar-refractivity contribution in [1.82, 2.24) is 5.32 Å². The summed E-state index contributed by atoms with van der Waals surface area (Å²) in [6.07, 6.45) is 3.82. The standard InChI is InChI=1S/C13H23NO2/c1-4-8-14-12(10-15-6-3)11-7-9-16-13(11)5-2/h7,9,12,14H,4-6,8,10H2,1-3H3. The summed E-state index contributed by atoms with van der Waals surface area (Å²) >= 11 is 0. The fourth-order valence-corrected chi connectivity index (χ4v) is 1.76. The first-order chi connectivity index (χ1) is 7.83. The zero-order chi connectivity index (χ0) is 11.8. The van der Waals surface area contributed by atoms with Crippen molar-refractivity contribution in [2.75, 3.05) is 19.8 Å². The second-order valence-electron chi connectivity index (χ2n) is 3.82. The van der Waals surface area contributed by atoms with Gasteiger partial charge < -0.3 is 14.5 Å². The Morgan fingerprint density at radius 2 is 2.19 bits per heavy atom. The fraction of sp³-hybridized carbons (Fsp3) is 0.692. The Morgan fingerprint density at radius 3 is 2.81 bits per heavy atom. The van der Waals surface area contributed by atoms with Crippen LogP contribution in [0.5, 0.6) is 0 Å². The van der Waals surface area contributed by atoms with Crippen LogP contribution in [0.1, 0.15) is 44.6 Å². The molecule has 3 nitrogen and oxygen atoms in total. The van der Waals surface area contributed by atoms with E-state index < -0.39 is 0 Å². The summed E-state index contributed by atoms with van der Waals surface area (Å²) in [6.45, 7) is 8.77. The topological polar surface area (TPSA) is 34.4 Å². The quantitative estimate of drug-likeness (QED) is 0.738. The molecule has 1 atom stereocenters. The van der Waals surface area contributed by atoms with Gasteiger partial charge in [0.2, 0.25) is 0 Å². The molecule has 0 aliphatic carbocycles. The van der Waals surface area contributed by atoms with Crippen LogP contribution in [0.2, 0.25) is 0 Å². The van der Waals surface area contributed by atoms with Crippen LogP contribution in [0.15, 0.2) is 16.7 Å². The Kier molecular flexibility index (Phi) is 6.19. The van der Waals surface area contributed by atoms with E-state index in [1.807, 2.05) is 13.0 Å². The predicted molar refractivity (Wildman–Crippen MR) is 65.6 cm³/mol. The van der Waals surface area contributed by atoms with Gasteiger partial charge in [-0.2, -0.15) is 0 Å². The van der Waals surface area contributed by atoms with E-state index in [1.165, 1.54) is 5.56 Å². The molecule has 0 saturated heterocycles. The molecule has 16 heavy (non-hydrogen) atoms. The molecule has 0 aromatic carbocycles. The number of hydrogen-bond donors (Lipinski definition) is 1. The van der Waals surface area contributed by atoms with Gasteiger partial charge in [-0.15, -0.1) is 0 Å². The number of ether oxygens (including phenoxy) is 1. The molecular weight excluding hydrogens is 202 g/mol. The van der Waals surface area contributed by atoms with E-state index in [-0.39, 0.29) is 6.04 Å². The maximum Gasteiger partial charge on any atom is 0.108 e. The highest BCUT2D eigenvalue weighted by Crippen LogP contribution is 2.20. The lowest BCUT2D eigenvalue weighted by atomic mass is 10.1. The summed E-state index contributed by atoms with van der Waals surface area (Å²) in [5.74, 6) is 1.06. The largest absolute Gasteiger partial charge is 0.469 e. The van der Waals surface area contributed by atoms with Crippen molar-refractivity contribution in [1.29, 1.82) is 0 Å². The molecule has 0 aliphatic heterocycles. The minimum absolute atomic E-state index is 0.258. The summed E-state index contributed by atoms with van der Waals surface area (Å²) in [5, 5.41) is 3.50. The maximum absolute atomic E-state index is 5.51. The molecule has 0 fully saturated rings.